The highest BCUT2D eigenvalue weighted by atomic mass is 19.1. The summed E-state index contributed by atoms with van der Waals surface area (Å²) >= 11 is 0. The molecule has 3 fully saturated rings. The second-order valence-corrected chi connectivity index (χ2v) is 13.6. The third-order valence-electron chi connectivity index (χ3n) is 10.4. The van der Waals surface area contributed by atoms with Crippen molar-refractivity contribution in [2.75, 3.05) is 6.61 Å². The Hall–Kier alpha value is -2.15. The summed E-state index contributed by atoms with van der Waals surface area (Å²) in [4.78, 5) is 24.2. The van der Waals surface area contributed by atoms with Gasteiger partial charge in [-0.05, 0) is 30.2 Å². The van der Waals surface area contributed by atoms with Gasteiger partial charge in [-0.2, -0.15) is 0 Å². The molecule has 3 saturated heterocycles. The van der Waals surface area contributed by atoms with Crippen LogP contribution < -0.4 is 0 Å². The summed E-state index contributed by atoms with van der Waals surface area (Å²) in [5, 5.41) is 0. The summed E-state index contributed by atoms with van der Waals surface area (Å²) in [5.74, 6) is -1.17. The predicted molar refractivity (Wildman–Crippen MR) is 170 cm³/mol. The largest absolute Gasteiger partial charge is 0.457 e. The van der Waals surface area contributed by atoms with Gasteiger partial charge in [0.1, 0.15) is 6.10 Å². The van der Waals surface area contributed by atoms with E-state index in [4.69, 9.17) is 37.9 Å². The van der Waals surface area contributed by atoms with E-state index in [-0.39, 0.29) is 49.1 Å². The maximum atomic E-state index is 16.1. The van der Waals surface area contributed by atoms with Gasteiger partial charge in [0, 0.05) is 31.6 Å². The average Bonchev–Trinajstić information content (AvgIpc) is 3.04. The molecule has 0 spiro atoms. The maximum absolute atomic E-state index is 16.1. The van der Waals surface area contributed by atoms with Crippen LogP contribution in [0.2, 0.25) is 0 Å². The van der Waals surface area contributed by atoms with Gasteiger partial charge >= 0.3 is 11.9 Å². The number of benzene rings is 1. The second-order valence-electron chi connectivity index (χ2n) is 13.6. The highest BCUT2D eigenvalue weighted by Gasteiger charge is 2.51. The van der Waals surface area contributed by atoms with E-state index >= 15 is 4.39 Å². The number of carbonyl (C=O) groups excluding carboxylic acids is 2. The lowest BCUT2D eigenvalue weighted by Crippen LogP contribution is -2.60. The standard InChI is InChI=1S/C36H55FO10/c1-10-27-19(3)21(5)31(42-24(8)38)35(45-27)41-18-29-23(7)30(33(34(37)44-29)40-17-26-15-13-12-14-16-26)47-36-32(43-25(9)39)22(6)20(4)28(11-2)46-36/h12-16,19-23,27-36H,10-11,17-18H2,1-9H3/t19-,20-,21-,22?,23+,27?,28-,29?,30-,31?,32?,33?,34-,35-,36+/m0/s1. The smallest absolute Gasteiger partial charge is 0.303 e. The molecule has 0 saturated carbocycles. The fourth-order valence-corrected chi connectivity index (χ4v) is 7.11. The summed E-state index contributed by atoms with van der Waals surface area (Å²) in [6, 6.07) is 9.48. The molecule has 3 aliphatic heterocycles. The molecule has 0 bridgehead atoms. The van der Waals surface area contributed by atoms with Crippen LogP contribution in [0.15, 0.2) is 30.3 Å². The van der Waals surface area contributed by atoms with E-state index in [9.17, 15) is 9.59 Å². The summed E-state index contributed by atoms with van der Waals surface area (Å²) < 4.78 is 65.2. The normalized spacial score (nSPS) is 40.9. The Balaban J connectivity index is 1.57. The van der Waals surface area contributed by atoms with Crippen molar-refractivity contribution in [3.63, 3.8) is 0 Å². The Morgan fingerprint density at radius 3 is 1.72 bits per heavy atom. The number of halogens is 1. The van der Waals surface area contributed by atoms with Gasteiger partial charge in [-0.15, -0.1) is 0 Å². The van der Waals surface area contributed by atoms with E-state index < -0.39 is 67.3 Å². The van der Waals surface area contributed by atoms with Crippen LogP contribution in [0.25, 0.3) is 0 Å². The number of hydrogen-bond donors (Lipinski definition) is 0. The monoisotopic (exact) mass is 666 g/mol. The van der Waals surface area contributed by atoms with Crippen molar-refractivity contribution in [1.29, 1.82) is 0 Å². The third kappa shape index (κ3) is 9.10. The average molecular weight is 667 g/mol. The van der Waals surface area contributed by atoms with E-state index in [1.807, 2.05) is 65.0 Å². The molecule has 10 nitrogen and oxygen atoms in total. The summed E-state index contributed by atoms with van der Waals surface area (Å²) in [6.07, 6.45) is -6.44. The molecule has 0 aliphatic carbocycles. The van der Waals surface area contributed by atoms with Gasteiger partial charge in [0.05, 0.1) is 37.6 Å². The van der Waals surface area contributed by atoms with E-state index in [1.165, 1.54) is 13.8 Å². The van der Waals surface area contributed by atoms with Gasteiger partial charge in [-0.3, -0.25) is 9.59 Å². The zero-order valence-electron chi connectivity index (χ0n) is 29.3. The molecule has 1 aromatic carbocycles. The number of ether oxygens (including phenoxy) is 8. The Morgan fingerprint density at radius 1 is 0.660 bits per heavy atom. The van der Waals surface area contributed by atoms with Gasteiger partial charge in [0.2, 0.25) is 6.36 Å². The lowest BCUT2D eigenvalue weighted by Gasteiger charge is -2.48. The molecule has 47 heavy (non-hydrogen) atoms. The minimum atomic E-state index is -1.86. The first-order valence-corrected chi connectivity index (χ1v) is 17.2. The van der Waals surface area contributed by atoms with Crippen molar-refractivity contribution in [1.82, 2.24) is 0 Å². The minimum absolute atomic E-state index is 0.0226. The maximum Gasteiger partial charge on any atom is 0.303 e. The number of hydrogen-bond acceptors (Lipinski definition) is 10. The Morgan fingerprint density at radius 2 is 1.19 bits per heavy atom. The van der Waals surface area contributed by atoms with Crippen LogP contribution in [0.5, 0.6) is 0 Å². The van der Waals surface area contributed by atoms with Crippen molar-refractivity contribution in [2.24, 2.45) is 29.6 Å². The number of carbonyl (C=O) groups is 2. The molecule has 0 N–H and O–H groups in total. The van der Waals surface area contributed by atoms with E-state index in [1.54, 1.807) is 0 Å². The Bertz CT molecular complexity index is 1140. The third-order valence-corrected chi connectivity index (χ3v) is 10.4. The van der Waals surface area contributed by atoms with E-state index in [0.29, 0.717) is 0 Å². The van der Waals surface area contributed by atoms with Gasteiger partial charge in [-0.1, -0.05) is 78.8 Å². The minimum Gasteiger partial charge on any atom is -0.457 e. The molecule has 0 amide bonds. The quantitative estimate of drug-likeness (QED) is 0.247. The van der Waals surface area contributed by atoms with Crippen molar-refractivity contribution in [3.05, 3.63) is 35.9 Å². The van der Waals surface area contributed by atoms with Crippen LogP contribution in [-0.2, 0) is 54.1 Å². The van der Waals surface area contributed by atoms with Crippen LogP contribution in [0.4, 0.5) is 4.39 Å². The highest BCUT2D eigenvalue weighted by Crippen LogP contribution is 2.40. The molecular weight excluding hydrogens is 611 g/mol. The number of alkyl halides is 1. The van der Waals surface area contributed by atoms with Crippen LogP contribution in [0.3, 0.4) is 0 Å². The highest BCUT2D eigenvalue weighted by molar-refractivity contribution is 5.66. The van der Waals surface area contributed by atoms with Crippen molar-refractivity contribution in [3.8, 4) is 0 Å². The molecule has 0 aromatic heterocycles. The lowest BCUT2D eigenvalue weighted by atomic mass is 9.82. The first-order chi connectivity index (χ1) is 22.4. The van der Waals surface area contributed by atoms with Gasteiger partial charge in [-0.25, -0.2) is 4.39 Å². The van der Waals surface area contributed by atoms with E-state index in [2.05, 4.69) is 13.8 Å². The molecule has 6 unspecified atom stereocenters. The molecule has 3 heterocycles. The van der Waals surface area contributed by atoms with Crippen LogP contribution in [0.1, 0.15) is 80.7 Å². The second kappa shape index (κ2) is 17.0. The molecule has 3 aliphatic rings. The van der Waals surface area contributed by atoms with E-state index in [0.717, 1.165) is 18.4 Å². The van der Waals surface area contributed by atoms with Crippen LogP contribution >= 0.6 is 0 Å². The van der Waals surface area contributed by atoms with Gasteiger partial charge in [0.15, 0.2) is 24.8 Å². The topological polar surface area (TPSA) is 108 Å². The SMILES string of the molecule is CCC1O[C@H](OCC2O[C@H](F)C(OCc3ccccc3)[C@@H](O[C@H]3O[C@@H](CC)[C@@H](C)C(C)C3OC(C)=O)[C@@H]2C)C(OC(C)=O)[C@@H](C)[C@@H]1C. The molecule has 11 heteroatoms. The first-order valence-electron chi connectivity index (χ1n) is 17.2. The van der Waals surface area contributed by atoms with Crippen LogP contribution in [0, 0.1) is 29.6 Å². The fourth-order valence-electron chi connectivity index (χ4n) is 7.11. The van der Waals surface area contributed by atoms with Crippen LogP contribution in [-0.4, -0.2) is 80.2 Å². The zero-order valence-corrected chi connectivity index (χ0v) is 29.3. The summed E-state index contributed by atoms with van der Waals surface area (Å²) in [5.41, 5.74) is 0.872. The molecule has 4 rings (SSSR count). The molecule has 0 radical (unpaired) electrons. The fraction of sp³-hybridized carbons (Fsp3) is 0.778. The van der Waals surface area contributed by atoms with Gasteiger partial charge in [0.25, 0.3) is 0 Å². The number of esters is 2. The molecule has 266 valence electrons. The lowest BCUT2D eigenvalue weighted by molar-refractivity contribution is -0.341. The van der Waals surface area contributed by atoms with Crippen molar-refractivity contribution < 1.29 is 51.9 Å². The zero-order chi connectivity index (χ0) is 34.4. The Labute approximate surface area is 279 Å². The van der Waals surface area contributed by atoms with Crippen molar-refractivity contribution >= 4 is 11.9 Å². The molecule has 15 atom stereocenters. The summed E-state index contributed by atoms with van der Waals surface area (Å²) in [6.45, 7) is 16.9. The number of rotatable bonds is 12. The van der Waals surface area contributed by atoms with Gasteiger partial charge < -0.3 is 37.9 Å². The molecular formula is C36H55FO10. The predicted octanol–water partition coefficient (Wildman–Crippen LogP) is 5.98. The molecule has 1 aromatic rings. The first kappa shape index (κ1) is 37.7. The summed E-state index contributed by atoms with van der Waals surface area (Å²) in [7, 11) is 0. The Kier molecular flexibility index (Phi) is 13.6. The van der Waals surface area contributed by atoms with Crippen molar-refractivity contribution in [2.45, 2.75) is 143 Å².